The van der Waals surface area contributed by atoms with E-state index < -0.39 is 5.97 Å². The Morgan fingerprint density at radius 1 is 0.842 bits per heavy atom. The van der Waals surface area contributed by atoms with E-state index in [2.05, 4.69) is 70.9 Å². The highest BCUT2D eigenvalue weighted by Gasteiger charge is 2.12. The molecule has 0 unspecified atom stereocenters. The highest BCUT2D eigenvalue weighted by Crippen LogP contribution is 2.20. The van der Waals surface area contributed by atoms with Gasteiger partial charge in [0.25, 0.3) is 0 Å². The van der Waals surface area contributed by atoms with Gasteiger partial charge in [0.15, 0.2) is 0 Å². The van der Waals surface area contributed by atoms with E-state index >= 15 is 0 Å². The minimum absolute atomic E-state index is 0.0354. The molecule has 0 amide bonds. The maximum absolute atomic E-state index is 9.65. The first-order chi connectivity index (χ1) is 18.7. The number of hydrogen-bond donors (Lipinski definition) is 3. The van der Waals surface area contributed by atoms with Crippen LogP contribution in [0.1, 0.15) is 56.2 Å². The molecule has 5 rings (SSSR count). The van der Waals surface area contributed by atoms with Crippen molar-refractivity contribution < 1.29 is 15.0 Å². The van der Waals surface area contributed by atoms with Gasteiger partial charge in [-0.1, -0.05) is 73.2 Å². The summed E-state index contributed by atoms with van der Waals surface area (Å²) in [5.41, 5.74) is 5.20. The number of carboxylic acids is 1. The monoisotopic (exact) mass is 517 g/mol. The molecule has 3 aromatic rings. The molecule has 38 heavy (non-hydrogen) atoms. The van der Waals surface area contributed by atoms with Crippen LogP contribution in [0.2, 0.25) is 0 Å². The number of aliphatic hydroxyl groups excluding tert-OH is 1. The van der Waals surface area contributed by atoms with Crippen molar-refractivity contribution in [3.63, 3.8) is 0 Å². The number of hydrogen-bond acceptors (Lipinski definition) is 5. The number of rotatable bonds is 8. The number of aryl methyl sites for hydroxylation is 2. The molecule has 0 atom stereocenters. The van der Waals surface area contributed by atoms with Crippen molar-refractivity contribution in [3.8, 4) is 11.1 Å². The highest BCUT2D eigenvalue weighted by atomic mass is 16.4. The fourth-order valence-electron chi connectivity index (χ4n) is 4.67. The van der Waals surface area contributed by atoms with Crippen LogP contribution in [0.25, 0.3) is 11.1 Å². The molecule has 0 bridgehead atoms. The van der Waals surface area contributed by atoms with Gasteiger partial charge in [-0.2, -0.15) is 0 Å². The predicted octanol–water partition coefficient (Wildman–Crippen LogP) is 6.06. The van der Waals surface area contributed by atoms with E-state index in [0.717, 1.165) is 18.8 Å². The van der Waals surface area contributed by atoms with Gasteiger partial charge in [-0.05, 0) is 87.3 Å². The molecule has 3 heterocycles. The van der Waals surface area contributed by atoms with Crippen LogP contribution in [-0.4, -0.2) is 58.9 Å². The Hall–Kier alpha value is -3.22. The molecule has 6 heteroatoms. The van der Waals surface area contributed by atoms with Gasteiger partial charge in [-0.3, -0.25) is 4.79 Å². The van der Waals surface area contributed by atoms with Crippen LogP contribution in [0.3, 0.4) is 0 Å². The van der Waals surface area contributed by atoms with Gasteiger partial charge in [-0.25, -0.2) is 4.98 Å². The lowest BCUT2D eigenvalue weighted by Gasteiger charge is -2.26. The molecule has 6 nitrogen and oxygen atoms in total. The molecular formula is C32H43N3O3. The van der Waals surface area contributed by atoms with Crippen LogP contribution in [0, 0.1) is 0 Å². The Morgan fingerprint density at radius 2 is 1.50 bits per heavy atom. The molecule has 2 aliphatic rings. The lowest BCUT2D eigenvalue weighted by molar-refractivity contribution is -0.137. The third-order valence-corrected chi connectivity index (χ3v) is 6.74. The molecule has 2 aliphatic heterocycles. The van der Waals surface area contributed by atoms with Gasteiger partial charge in [0.1, 0.15) is 5.82 Å². The zero-order valence-corrected chi connectivity index (χ0v) is 22.5. The third-order valence-electron chi connectivity index (χ3n) is 6.74. The summed E-state index contributed by atoms with van der Waals surface area (Å²) in [6.07, 6.45) is 9.41. The standard InChI is InChI=1S/C16H25N3.C12H10.C4H8O3/c1-2-11-19(12-3-1)13-5-7-15-9-8-14-6-4-10-17-16(14)18-15;1-3-7-11(8-4-1)12-9-5-2-6-10-12;5-3-1-2-4(6)7/h8-9H,1-7,10-13H2,(H,17,18);1-10H;5H,1-3H2,(H,6,7). The second-order valence-electron chi connectivity index (χ2n) is 9.80. The van der Waals surface area contributed by atoms with Crippen LogP contribution in [0.15, 0.2) is 72.8 Å². The first-order valence-electron chi connectivity index (χ1n) is 14.0. The largest absolute Gasteiger partial charge is 0.481 e. The Kier molecular flexibility index (Phi) is 13.4. The Balaban J connectivity index is 0.000000180. The number of benzene rings is 2. The summed E-state index contributed by atoms with van der Waals surface area (Å²) < 4.78 is 0. The number of nitrogens with one attached hydrogen (secondary N) is 1. The zero-order valence-electron chi connectivity index (χ0n) is 22.5. The van der Waals surface area contributed by atoms with Gasteiger partial charge in [0, 0.05) is 25.3 Å². The second-order valence-corrected chi connectivity index (χ2v) is 9.80. The molecule has 1 aromatic heterocycles. The SMILES string of the molecule is O=C(O)CCCO.c1cc2c(nc1CCCN1CCCCC1)NCCC2.c1ccc(-c2ccccc2)cc1. The number of carbonyl (C=O) groups is 1. The third kappa shape index (κ3) is 11.0. The first-order valence-corrected chi connectivity index (χ1v) is 14.0. The topological polar surface area (TPSA) is 85.7 Å². The van der Waals surface area contributed by atoms with E-state index in [1.165, 1.54) is 80.5 Å². The quantitative estimate of drug-likeness (QED) is 0.337. The summed E-state index contributed by atoms with van der Waals surface area (Å²) in [4.78, 5) is 17.0. The number of fused-ring (bicyclic) bond motifs is 1. The fraction of sp³-hybridized carbons (Fsp3) is 0.438. The van der Waals surface area contributed by atoms with Crippen molar-refractivity contribution in [1.82, 2.24) is 9.88 Å². The Labute approximate surface area is 227 Å². The average Bonchev–Trinajstić information content (AvgIpc) is 2.98. The van der Waals surface area contributed by atoms with E-state index in [4.69, 9.17) is 15.2 Å². The molecule has 1 saturated heterocycles. The molecule has 204 valence electrons. The van der Waals surface area contributed by atoms with Crippen LogP contribution in [0.4, 0.5) is 5.82 Å². The molecule has 1 fully saturated rings. The van der Waals surface area contributed by atoms with Gasteiger partial charge in [0.05, 0.1) is 0 Å². The maximum Gasteiger partial charge on any atom is 0.303 e. The number of piperidine rings is 1. The molecule has 0 aliphatic carbocycles. The smallest absolute Gasteiger partial charge is 0.303 e. The van der Waals surface area contributed by atoms with Crippen LogP contribution in [-0.2, 0) is 17.6 Å². The summed E-state index contributed by atoms with van der Waals surface area (Å²) in [5, 5.41) is 19.4. The van der Waals surface area contributed by atoms with Gasteiger partial charge < -0.3 is 20.4 Å². The number of anilines is 1. The number of aliphatic hydroxyl groups is 1. The van der Waals surface area contributed by atoms with E-state index in [-0.39, 0.29) is 13.0 Å². The summed E-state index contributed by atoms with van der Waals surface area (Å²) in [5.74, 6) is 0.288. The van der Waals surface area contributed by atoms with Crippen molar-refractivity contribution >= 4 is 11.8 Å². The first kappa shape index (κ1) is 29.3. The van der Waals surface area contributed by atoms with Crippen LogP contribution >= 0.6 is 0 Å². The number of pyridine rings is 1. The summed E-state index contributed by atoms with van der Waals surface area (Å²) >= 11 is 0. The maximum atomic E-state index is 9.65. The van der Waals surface area contributed by atoms with Crippen LogP contribution in [0.5, 0.6) is 0 Å². The number of aliphatic carboxylic acids is 1. The van der Waals surface area contributed by atoms with Crippen molar-refractivity contribution in [1.29, 1.82) is 0 Å². The predicted molar refractivity (Wildman–Crippen MR) is 155 cm³/mol. The van der Waals surface area contributed by atoms with Crippen molar-refractivity contribution in [3.05, 3.63) is 84.1 Å². The molecule has 0 radical (unpaired) electrons. The number of aromatic nitrogens is 1. The number of nitrogens with zero attached hydrogens (tertiary/aromatic N) is 2. The Bertz CT molecular complexity index is 1020. The summed E-state index contributed by atoms with van der Waals surface area (Å²) in [7, 11) is 0. The molecule has 2 aromatic carbocycles. The number of carboxylic acid groups (broad SMARTS) is 1. The second kappa shape index (κ2) is 17.3. The van der Waals surface area contributed by atoms with Gasteiger partial charge >= 0.3 is 5.97 Å². The lowest BCUT2D eigenvalue weighted by Crippen LogP contribution is -2.30. The van der Waals surface area contributed by atoms with E-state index in [0.29, 0.717) is 6.42 Å². The zero-order chi connectivity index (χ0) is 26.8. The normalized spacial score (nSPS) is 14.6. The van der Waals surface area contributed by atoms with Gasteiger partial charge in [0.2, 0.25) is 0 Å². The van der Waals surface area contributed by atoms with Crippen molar-refractivity contribution in [2.75, 3.05) is 38.1 Å². The molecule has 3 N–H and O–H groups in total. The van der Waals surface area contributed by atoms with E-state index in [9.17, 15) is 4.79 Å². The Morgan fingerprint density at radius 3 is 2.08 bits per heavy atom. The minimum Gasteiger partial charge on any atom is -0.481 e. The molecular weight excluding hydrogens is 474 g/mol. The average molecular weight is 518 g/mol. The minimum atomic E-state index is -0.853. The highest BCUT2D eigenvalue weighted by molar-refractivity contribution is 5.66. The lowest BCUT2D eigenvalue weighted by atomic mass is 10.1. The molecule has 0 spiro atoms. The molecule has 0 saturated carbocycles. The fourth-order valence-corrected chi connectivity index (χ4v) is 4.67. The summed E-state index contributed by atoms with van der Waals surface area (Å²) in [6, 6.07) is 25.3. The number of likely N-dealkylation sites (tertiary alicyclic amines) is 1. The van der Waals surface area contributed by atoms with Gasteiger partial charge in [-0.15, -0.1) is 0 Å². The van der Waals surface area contributed by atoms with Crippen molar-refractivity contribution in [2.45, 2.75) is 57.8 Å². The van der Waals surface area contributed by atoms with Crippen molar-refractivity contribution in [2.24, 2.45) is 0 Å². The van der Waals surface area contributed by atoms with E-state index in [1.807, 2.05) is 12.1 Å². The summed E-state index contributed by atoms with van der Waals surface area (Å²) in [6.45, 7) is 4.90. The van der Waals surface area contributed by atoms with Crippen LogP contribution < -0.4 is 5.32 Å². The van der Waals surface area contributed by atoms with E-state index in [1.54, 1.807) is 0 Å².